The highest BCUT2D eigenvalue weighted by molar-refractivity contribution is 5.92. The molecule has 3 nitrogen and oxygen atoms in total. The Balaban J connectivity index is 0.839. The summed E-state index contributed by atoms with van der Waals surface area (Å²) in [6.45, 7) is 18.5. The SMILES string of the molecule is CCCCCCCCC1(CCCCCCCC)c2cc(C=O)ccc2-c2ccc(-c3ccc(N(c4ccc(C)cc4)c4ccc5c(c4)C(CCCCCCCC)(CCCCCCCC)c4cc(N(c6ccc(C)cc6)c6ccc(-c7ccc8c(c7)C(CCCCCCCC)(CCCCCCCC)c7cc(-c9ccccc9)ccc7-8)cc6)ccc4-5)cc3)cc21. The number of anilines is 6. The molecule has 0 saturated carbocycles. The van der Waals surface area contributed by atoms with Gasteiger partial charge in [-0.05, 0) is 250 Å². The highest BCUT2D eigenvalue weighted by Crippen LogP contribution is 2.60. The number of aldehydes is 1. The van der Waals surface area contributed by atoms with Gasteiger partial charge in [-0.15, -0.1) is 0 Å². The lowest BCUT2D eigenvalue weighted by atomic mass is 9.70. The molecule has 0 fully saturated rings. The van der Waals surface area contributed by atoms with Crippen LogP contribution in [0.5, 0.6) is 0 Å². The van der Waals surface area contributed by atoms with Crippen molar-refractivity contribution in [1.29, 1.82) is 0 Å². The molecule has 11 aromatic rings. The lowest BCUT2D eigenvalue weighted by molar-refractivity contribution is 0.112. The molecule has 0 aromatic heterocycles. The lowest BCUT2D eigenvalue weighted by Gasteiger charge is -2.35. The fourth-order valence-corrected chi connectivity index (χ4v) is 22.1. The summed E-state index contributed by atoms with van der Waals surface area (Å²) in [5, 5.41) is 0. The molecule has 3 aliphatic carbocycles. The van der Waals surface area contributed by atoms with E-state index in [-0.39, 0.29) is 16.2 Å². The summed E-state index contributed by atoms with van der Waals surface area (Å²) in [7, 11) is 0. The maximum Gasteiger partial charge on any atom is 0.150 e. The molecule has 644 valence electrons. The minimum atomic E-state index is -0.213. The van der Waals surface area contributed by atoms with E-state index in [1.807, 2.05) is 0 Å². The molecule has 0 saturated heterocycles. The van der Waals surface area contributed by atoms with E-state index in [1.54, 1.807) is 11.1 Å². The molecule has 123 heavy (non-hydrogen) atoms. The summed E-state index contributed by atoms with van der Waals surface area (Å²) in [5.41, 5.74) is 35.1. The van der Waals surface area contributed by atoms with Crippen LogP contribution in [0.15, 0.2) is 237 Å². The smallest absolute Gasteiger partial charge is 0.150 e. The maximum atomic E-state index is 12.7. The van der Waals surface area contributed by atoms with Crippen LogP contribution in [0.1, 0.15) is 366 Å². The zero-order chi connectivity index (χ0) is 85.2. The van der Waals surface area contributed by atoms with Gasteiger partial charge in [-0.25, -0.2) is 0 Å². The van der Waals surface area contributed by atoms with Crippen molar-refractivity contribution in [3.8, 4) is 66.8 Å². The van der Waals surface area contributed by atoms with Crippen LogP contribution in [0.3, 0.4) is 0 Å². The Morgan fingerprint density at radius 3 is 0.715 bits per heavy atom. The van der Waals surface area contributed by atoms with Gasteiger partial charge < -0.3 is 9.80 Å². The van der Waals surface area contributed by atoms with E-state index in [0.29, 0.717) is 0 Å². The van der Waals surface area contributed by atoms with Gasteiger partial charge in [0, 0.05) is 55.9 Å². The molecule has 0 amide bonds. The quantitative estimate of drug-likeness (QED) is 0.0280. The van der Waals surface area contributed by atoms with Gasteiger partial charge in [0.2, 0.25) is 0 Å². The van der Waals surface area contributed by atoms with Gasteiger partial charge in [0.15, 0.2) is 0 Å². The number of rotatable bonds is 52. The predicted octanol–water partition coefficient (Wildman–Crippen LogP) is 37.4. The van der Waals surface area contributed by atoms with Crippen LogP contribution in [0.2, 0.25) is 0 Å². The van der Waals surface area contributed by atoms with E-state index in [1.165, 1.54) is 373 Å². The van der Waals surface area contributed by atoms with E-state index in [9.17, 15) is 4.79 Å². The number of aryl methyl sites for hydroxylation is 2. The largest absolute Gasteiger partial charge is 0.310 e. The van der Waals surface area contributed by atoms with Crippen LogP contribution in [0.25, 0.3) is 66.8 Å². The highest BCUT2D eigenvalue weighted by atomic mass is 16.1. The highest BCUT2D eigenvalue weighted by Gasteiger charge is 2.46. The average Bonchev–Trinajstić information content (AvgIpc) is 1.57. The number of unbranched alkanes of at least 4 members (excludes halogenated alkanes) is 30. The summed E-state index contributed by atoms with van der Waals surface area (Å²) in [5.74, 6) is 0. The van der Waals surface area contributed by atoms with Crippen LogP contribution in [0.4, 0.5) is 34.1 Å². The van der Waals surface area contributed by atoms with Crippen molar-refractivity contribution in [2.75, 3.05) is 9.80 Å². The third kappa shape index (κ3) is 21.0. The van der Waals surface area contributed by atoms with E-state index in [2.05, 4.69) is 302 Å². The zero-order valence-corrected chi connectivity index (χ0v) is 77.1. The van der Waals surface area contributed by atoms with Crippen molar-refractivity contribution in [3.63, 3.8) is 0 Å². The molecule has 0 atom stereocenters. The van der Waals surface area contributed by atoms with Crippen LogP contribution < -0.4 is 9.80 Å². The number of fused-ring (bicyclic) bond motifs is 9. The lowest BCUT2D eigenvalue weighted by Crippen LogP contribution is -2.26. The number of carbonyl (C=O) groups excluding carboxylic acids is 1. The molecular weight excluding hydrogens is 1490 g/mol. The number of hydrogen-bond acceptors (Lipinski definition) is 3. The Morgan fingerprint density at radius 1 is 0.211 bits per heavy atom. The van der Waals surface area contributed by atoms with Gasteiger partial charge in [-0.3, -0.25) is 4.79 Å². The van der Waals surface area contributed by atoms with Gasteiger partial charge in [0.1, 0.15) is 6.29 Å². The molecule has 0 bridgehead atoms. The monoisotopic (exact) mass is 1630 g/mol. The standard InChI is InChI=1S/C120H148N2O/c1-9-15-21-27-33-42-78-118(79-43-34-28-22-16-10-2)112-84-93(90-123)54-72-106(112)107-74-60-98(86-113(107)118)95-55-66-102(67-56-95)121(100-62-50-91(7)51-63-100)104-70-76-110-111-77-71-105(89-117(111)120(116(110)88-104,82-46-37-31-25-19-13-5)83-47-38-32-26-20-14-6)122(101-64-52-92(8)53-65-101)103-68-57-96(58-69-103)99-61-75-109-108-73-59-97(94-48-40-39-41-49-94)85-114(108)119(115(109)87-99,80-44-35-29-23-17-11-3)81-45-36-30-24-18-12-4/h39-41,48-77,84-90H,9-38,42-47,78-83H2,1-8H3. The molecule has 0 spiro atoms. The second-order valence-electron chi connectivity index (χ2n) is 37.8. The molecular formula is C120H148N2O. The number of nitrogens with zero attached hydrogens (tertiary/aromatic N) is 2. The third-order valence-electron chi connectivity index (χ3n) is 29.1. The van der Waals surface area contributed by atoms with E-state index < -0.39 is 0 Å². The first-order chi connectivity index (χ1) is 60.5. The maximum absolute atomic E-state index is 12.7. The number of carbonyl (C=O) groups is 1. The van der Waals surface area contributed by atoms with Crippen molar-refractivity contribution < 1.29 is 4.79 Å². The second-order valence-corrected chi connectivity index (χ2v) is 37.8. The minimum absolute atomic E-state index is 0.0514. The Labute approximate surface area is 744 Å². The molecule has 14 rings (SSSR count). The first-order valence-electron chi connectivity index (χ1n) is 49.9. The Kier molecular flexibility index (Phi) is 32.6. The topological polar surface area (TPSA) is 23.6 Å². The van der Waals surface area contributed by atoms with Crippen LogP contribution in [-0.2, 0) is 16.2 Å². The molecule has 0 aliphatic heterocycles. The molecule has 3 aliphatic rings. The fourth-order valence-electron chi connectivity index (χ4n) is 22.1. The third-order valence-corrected chi connectivity index (χ3v) is 29.1. The predicted molar refractivity (Wildman–Crippen MR) is 534 cm³/mol. The van der Waals surface area contributed by atoms with Crippen molar-refractivity contribution >= 4 is 40.4 Å². The van der Waals surface area contributed by atoms with Crippen LogP contribution >= 0.6 is 0 Å². The van der Waals surface area contributed by atoms with Crippen LogP contribution in [0, 0.1) is 13.8 Å². The number of hydrogen-bond donors (Lipinski definition) is 0. The summed E-state index contributed by atoms with van der Waals surface area (Å²) in [6.07, 6.45) is 53.9. The van der Waals surface area contributed by atoms with Gasteiger partial charge in [0.05, 0.1) is 0 Å². The van der Waals surface area contributed by atoms with Gasteiger partial charge in [-0.2, -0.15) is 0 Å². The van der Waals surface area contributed by atoms with Crippen molar-refractivity contribution in [3.05, 3.63) is 287 Å². The summed E-state index contributed by atoms with van der Waals surface area (Å²) in [6, 6.07) is 93.5. The van der Waals surface area contributed by atoms with E-state index >= 15 is 0 Å². The zero-order valence-electron chi connectivity index (χ0n) is 77.1. The van der Waals surface area contributed by atoms with E-state index in [4.69, 9.17) is 0 Å². The molecule has 0 heterocycles. The average molecular weight is 1630 g/mol. The molecule has 0 radical (unpaired) electrons. The first-order valence-corrected chi connectivity index (χ1v) is 49.9. The molecule has 0 unspecified atom stereocenters. The van der Waals surface area contributed by atoms with Gasteiger partial charge in [0.25, 0.3) is 0 Å². The Morgan fingerprint density at radius 2 is 0.431 bits per heavy atom. The van der Waals surface area contributed by atoms with Gasteiger partial charge in [-0.1, -0.05) is 423 Å². The Hall–Kier alpha value is -9.31. The Bertz CT molecular complexity index is 5090. The molecule has 0 N–H and O–H groups in total. The van der Waals surface area contributed by atoms with Crippen molar-refractivity contribution in [2.24, 2.45) is 0 Å². The van der Waals surface area contributed by atoms with Gasteiger partial charge >= 0.3 is 0 Å². The summed E-state index contributed by atoms with van der Waals surface area (Å²) >= 11 is 0. The van der Waals surface area contributed by atoms with E-state index in [0.717, 1.165) is 43.2 Å². The number of benzene rings is 11. The van der Waals surface area contributed by atoms with Crippen molar-refractivity contribution in [1.82, 2.24) is 0 Å². The first kappa shape index (κ1) is 90.0. The van der Waals surface area contributed by atoms with Crippen molar-refractivity contribution in [2.45, 2.75) is 341 Å². The summed E-state index contributed by atoms with van der Waals surface area (Å²) in [4.78, 5) is 17.8. The second kappa shape index (κ2) is 44.5. The van der Waals surface area contributed by atoms with Crippen LogP contribution in [-0.4, -0.2) is 6.29 Å². The molecule has 3 heteroatoms. The summed E-state index contributed by atoms with van der Waals surface area (Å²) < 4.78 is 0. The normalized spacial score (nSPS) is 13.5. The fraction of sp³-hybridized carbons (Fsp3) is 0.442. The minimum Gasteiger partial charge on any atom is -0.310 e. The molecule has 11 aromatic carbocycles.